The highest BCUT2D eigenvalue weighted by atomic mass is 32.1. The zero-order chi connectivity index (χ0) is 23.0. The first-order chi connectivity index (χ1) is 15.2. The van der Waals surface area contributed by atoms with E-state index in [1.807, 2.05) is 41.1 Å². The molecular weight excluding hydrogens is 442 g/mol. The number of thiophene rings is 2. The van der Waals surface area contributed by atoms with Gasteiger partial charge in [0.1, 0.15) is 17.6 Å². The van der Waals surface area contributed by atoms with Gasteiger partial charge in [-0.2, -0.15) is 0 Å². The fourth-order valence-electron chi connectivity index (χ4n) is 3.95. The second-order valence-corrected chi connectivity index (χ2v) is 10.7. The highest BCUT2D eigenvalue weighted by molar-refractivity contribution is 7.10. The Hall–Kier alpha value is -2.90. The zero-order valence-corrected chi connectivity index (χ0v) is 20.0. The summed E-state index contributed by atoms with van der Waals surface area (Å²) in [4.78, 5) is 29.5. The van der Waals surface area contributed by atoms with E-state index in [2.05, 4.69) is 20.8 Å². The van der Waals surface area contributed by atoms with Gasteiger partial charge in [-0.25, -0.2) is 0 Å². The second-order valence-electron chi connectivity index (χ2n) is 8.69. The number of carbonyl (C=O) groups excluding carboxylic acids is 2. The zero-order valence-electron chi connectivity index (χ0n) is 18.4. The van der Waals surface area contributed by atoms with Gasteiger partial charge in [-0.15, -0.1) is 22.7 Å². The number of nitrogens with zero attached hydrogens (tertiary/aromatic N) is 1. The third-order valence-corrected chi connectivity index (χ3v) is 7.33. The van der Waals surface area contributed by atoms with Crippen LogP contribution in [0.2, 0.25) is 0 Å². The summed E-state index contributed by atoms with van der Waals surface area (Å²) in [5, 5.41) is 15.2. The molecule has 1 saturated heterocycles. The van der Waals surface area contributed by atoms with Gasteiger partial charge in [-0.1, -0.05) is 32.9 Å². The largest absolute Gasteiger partial charge is 0.507 e. The van der Waals surface area contributed by atoms with Gasteiger partial charge in [0, 0.05) is 20.9 Å². The van der Waals surface area contributed by atoms with Gasteiger partial charge < -0.3 is 14.7 Å². The van der Waals surface area contributed by atoms with Crippen molar-refractivity contribution in [3.63, 3.8) is 0 Å². The van der Waals surface area contributed by atoms with Crippen LogP contribution in [0, 0.1) is 0 Å². The molecule has 5 nitrogen and oxygen atoms in total. The Morgan fingerprint density at radius 3 is 2.41 bits per heavy atom. The number of aliphatic hydroxyl groups is 1. The number of Topliss-reactive ketones (excluding diaryl/α,β-unsaturated/α-hetero) is 1. The molecule has 3 aromatic rings. The van der Waals surface area contributed by atoms with E-state index in [-0.39, 0.29) is 16.7 Å². The molecule has 1 amide bonds. The Labute approximate surface area is 195 Å². The van der Waals surface area contributed by atoms with E-state index >= 15 is 0 Å². The van der Waals surface area contributed by atoms with Gasteiger partial charge in [0.2, 0.25) is 0 Å². The molecule has 1 aliphatic heterocycles. The number of methoxy groups -OCH3 is 1. The molecule has 1 N–H and O–H groups in total. The van der Waals surface area contributed by atoms with Gasteiger partial charge in [0.25, 0.3) is 11.7 Å². The maximum Gasteiger partial charge on any atom is 0.296 e. The third-order valence-electron chi connectivity index (χ3n) is 5.54. The molecule has 0 bridgehead atoms. The van der Waals surface area contributed by atoms with Crippen molar-refractivity contribution in [3.8, 4) is 5.75 Å². The highest BCUT2D eigenvalue weighted by Gasteiger charge is 2.46. The maximum atomic E-state index is 13.1. The van der Waals surface area contributed by atoms with Crippen molar-refractivity contribution in [2.75, 3.05) is 7.11 Å². The highest BCUT2D eigenvalue weighted by Crippen LogP contribution is 2.43. The number of benzene rings is 1. The normalized spacial score (nSPS) is 18.4. The lowest BCUT2D eigenvalue weighted by molar-refractivity contribution is -0.140. The van der Waals surface area contributed by atoms with Crippen molar-refractivity contribution in [1.82, 2.24) is 4.90 Å². The molecule has 0 radical (unpaired) electrons. The summed E-state index contributed by atoms with van der Waals surface area (Å²) in [6, 6.07) is 12.4. The molecule has 1 atom stereocenters. The van der Waals surface area contributed by atoms with Crippen LogP contribution in [-0.2, 0) is 21.5 Å². The number of rotatable bonds is 5. The number of ether oxygens (including phenoxy) is 1. The van der Waals surface area contributed by atoms with Crippen LogP contribution in [0.4, 0.5) is 0 Å². The number of hydrogen-bond donors (Lipinski definition) is 1. The Morgan fingerprint density at radius 1 is 1.09 bits per heavy atom. The molecule has 32 heavy (non-hydrogen) atoms. The number of likely N-dealkylation sites (tertiary alicyclic amines) is 1. The second kappa shape index (κ2) is 8.56. The molecule has 1 fully saturated rings. The fraction of sp³-hybridized carbons (Fsp3) is 0.280. The topological polar surface area (TPSA) is 66.8 Å². The molecule has 1 aromatic carbocycles. The van der Waals surface area contributed by atoms with Crippen molar-refractivity contribution in [2.24, 2.45) is 0 Å². The summed E-state index contributed by atoms with van der Waals surface area (Å²) in [7, 11) is 1.61. The van der Waals surface area contributed by atoms with Crippen molar-refractivity contribution in [3.05, 3.63) is 79.7 Å². The van der Waals surface area contributed by atoms with E-state index in [1.54, 1.807) is 24.1 Å². The molecule has 0 aliphatic carbocycles. The predicted molar refractivity (Wildman–Crippen MR) is 128 cm³/mol. The molecule has 4 rings (SSSR count). The third kappa shape index (κ3) is 3.98. The van der Waals surface area contributed by atoms with Gasteiger partial charge in [-0.05, 0) is 46.5 Å². The average Bonchev–Trinajstić information content (AvgIpc) is 3.51. The van der Waals surface area contributed by atoms with Crippen LogP contribution in [0.15, 0.2) is 58.8 Å². The first kappa shape index (κ1) is 22.3. The van der Waals surface area contributed by atoms with Crippen molar-refractivity contribution < 1.29 is 19.4 Å². The number of amides is 1. The molecule has 166 valence electrons. The summed E-state index contributed by atoms with van der Waals surface area (Å²) in [6.07, 6.45) is 0. The molecule has 3 heterocycles. The maximum absolute atomic E-state index is 13.1. The summed E-state index contributed by atoms with van der Waals surface area (Å²) in [6.45, 7) is 6.48. The molecule has 1 aliphatic rings. The molecule has 0 spiro atoms. The molecule has 0 saturated carbocycles. The van der Waals surface area contributed by atoms with Crippen molar-refractivity contribution in [2.45, 2.75) is 38.8 Å². The Morgan fingerprint density at radius 2 is 1.81 bits per heavy atom. The Bertz CT molecular complexity index is 1170. The van der Waals surface area contributed by atoms with Crippen LogP contribution < -0.4 is 4.74 Å². The van der Waals surface area contributed by atoms with E-state index in [1.165, 1.54) is 22.7 Å². The minimum absolute atomic E-state index is 0.124. The number of ketones is 1. The quantitative estimate of drug-likeness (QED) is 0.295. The van der Waals surface area contributed by atoms with Crippen LogP contribution in [0.25, 0.3) is 5.76 Å². The van der Waals surface area contributed by atoms with Crippen LogP contribution in [-0.4, -0.2) is 28.8 Å². The smallest absolute Gasteiger partial charge is 0.296 e. The molecular formula is C25H25NO4S2. The Kier molecular flexibility index (Phi) is 5.97. The van der Waals surface area contributed by atoms with Crippen molar-refractivity contribution in [1.29, 1.82) is 0 Å². The first-order valence-electron chi connectivity index (χ1n) is 10.3. The summed E-state index contributed by atoms with van der Waals surface area (Å²) < 4.78 is 5.50. The number of carbonyl (C=O) groups is 2. The van der Waals surface area contributed by atoms with Crippen LogP contribution in [0.1, 0.15) is 47.7 Å². The SMILES string of the molecule is COc1ccc(/C(O)=C2/C(=O)C(=O)N(Cc3cccs3)C2c2cccs2)cc1C(C)(C)C. The lowest BCUT2D eigenvalue weighted by Crippen LogP contribution is -2.28. The molecule has 7 heteroatoms. The minimum Gasteiger partial charge on any atom is -0.507 e. The van der Waals surface area contributed by atoms with Gasteiger partial charge in [0.05, 0.1) is 19.2 Å². The number of aliphatic hydroxyl groups excluding tert-OH is 1. The number of hydrogen-bond acceptors (Lipinski definition) is 6. The van der Waals surface area contributed by atoms with E-state index in [0.717, 1.165) is 15.3 Å². The summed E-state index contributed by atoms with van der Waals surface area (Å²) in [5.41, 5.74) is 1.29. The minimum atomic E-state index is -0.661. The lowest BCUT2D eigenvalue weighted by atomic mass is 9.84. The first-order valence-corrected chi connectivity index (χ1v) is 12.0. The van der Waals surface area contributed by atoms with Gasteiger partial charge in [-0.3, -0.25) is 9.59 Å². The van der Waals surface area contributed by atoms with Gasteiger partial charge >= 0.3 is 0 Å². The van der Waals surface area contributed by atoms with E-state index in [0.29, 0.717) is 17.9 Å². The van der Waals surface area contributed by atoms with E-state index in [9.17, 15) is 14.7 Å². The van der Waals surface area contributed by atoms with Crippen LogP contribution >= 0.6 is 22.7 Å². The van der Waals surface area contributed by atoms with E-state index in [4.69, 9.17) is 4.74 Å². The summed E-state index contributed by atoms with van der Waals surface area (Å²) >= 11 is 3.00. The van der Waals surface area contributed by atoms with Gasteiger partial charge in [0.15, 0.2) is 0 Å². The predicted octanol–water partition coefficient (Wildman–Crippen LogP) is 5.74. The molecule has 1 unspecified atom stereocenters. The summed E-state index contributed by atoms with van der Waals surface area (Å²) in [5.74, 6) is -0.709. The Balaban J connectivity index is 1.86. The van der Waals surface area contributed by atoms with Crippen molar-refractivity contribution >= 4 is 40.1 Å². The lowest BCUT2D eigenvalue weighted by Gasteiger charge is -2.24. The fourth-order valence-corrected chi connectivity index (χ4v) is 5.50. The average molecular weight is 468 g/mol. The standard InChI is InChI=1S/C25H25NO4S2/c1-25(2,3)17-13-15(9-10-18(17)30-4)22(27)20-21(19-8-6-12-32-19)26(24(29)23(20)28)14-16-7-5-11-31-16/h5-13,21,27H,14H2,1-4H3/b22-20-. The molecule has 2 aromatic heterocycles. The van der Waals surface area contributed by atoms with E-state index < -0.39 is 17.7 Å². The monoisotopic (exact) mass is 467 g/mol. The van der Waals surface area contributed by atoms with Crippen LogP contribution in [0.5, 0.6) is 5.75 Å². The van der Waals surface area contributed by atoms with Crippen LogP contribution in [0.3, 0.4) is 0 Å².